The molecule has 108 valence electrons. The lowest BCUT2D eigenvalue weighted by atomic mass is 9.97. The Labute approximate surface area is 122 Å². The van der Waals surface area contributed by atoms with E-state index in [2.05, 4.69) is 47.5 Å². The van der Waals surface area contributed by atoms with Crippen molar-refractivity contribution in [3.05, 3.63) is 41.5 Å². The molecule has 2 aliphatic rings. The van der Waals surface area contributed by atoms with Crippen LogP contribution < -0.4 is 5.32 Å². The van der Waals surface area contributed by atoms with E-state index in [1.54, 1.807) is 0 Å². The van der Waals surface area contributed by atoms with E-state index in [9.17, 15) is 0 Å². The largest absolute Gasteiger partial charge is 0.313 e. The van der Waals surface area contributed by atoms with Gasteiger partial charge in [0.15, 0.2) is 0 Å². The number of nitrogens with zero attached hydrogens (tertiary/aromatic N) is 1. The minimum atomic E-state index is 0.917. The van der Waals surface area contributed by atoms with Gasteiger partial charge in [0.1, 0.15) is 0 Å². The van der Waals surface area contributed by atoms with Crippen molar-refractivity contribution in [3.8, 4) is 0 Å². The second-order valence-electron chi connectivity index (χ2n) is 6.34. The quantitative estimate of drug-likeness (QED) is 0.906. The molecule has 1 aromatic rings. The van der Waals surface area contributed by atoms with Crippen LogP contribution in [-0.4, -0.2) is 31.1 Å². The Bertz CT molecular complexity index is 453. The molecule has 0 aromatic heterocycles. The van der Waals surface area contributed by atoms with Gasteiger partial charge in [0.25, 0.3) is 0 Å². The van der Waals surface area contributed by atoms with Gasteiger partial charge >= 0.3 is 0 Å². The fourth-order valence-corrected chi connectivity index (χ4v) is 3.19. The highest BCUT2D eigenvalue weighted by atomic mass is 15.1. The first kappa shape index (κ1) is 13.8. The molecular weight excluding hydrogens is 244 g/mol. The molecule has 0 radical (unpaired) electrons. The van der Waals surface area contributed by atoms with Gasteiger partial charge in [-0.3, -0.25) is 4.90 Å². The third-order valence-corrected chi connectivity index (χ3v) is 4.67. The summed E-state index contributed by atoms with van der Waals surface area (Å²) in [4.78, 5) is 2.60. The maximum Gasteiger partial charge on any atom is 0.0233 e. The molecule has 0 bridgehead atoms. The number of piperidine rings is 1. The number of nitrogens with one attached hydrogen (secondary N) is 1. The van der Waals surface area contributed by atoms with E-state index in [0.29, 0.717) is 0 Å². The summed E-state index contributed by atoms with van der Waals surface area (Å²) in [5, 5.41) is 3.37. The third-order valence-electron chi connectivity index (χ3n) is 4.67. The van der Waals surface area contributed by atoms with Gasteiger partial charge in [0, 0.05) is 13.1 Å². The van der Waals surface area contributed by atoms with Gasteiger partial charge in [-0.2, -0.15) is 0 Å². The Balaban J connectivity index is 1.60. The SMILES string of the molecule is CC1CCN(Cc2ccc(C3=CCNCC3)cc2)CC1. The van der Waals surface area contributed by atoms with Gasteiger partial charge in [-0.1, -0.05) is 37.3 Å². The molecule has 2 aliphatic heterocycles. The fourth-order valence-electron chi connectivity index (χ4n) is 3.19. The maximum absolute atomic E-state index is 3.37. The molecule has 1 N–H and O–H groups in total. The van der Waals surface area contributed by atoms with Crippen molar-refractivity contribution in [2.75, 3.05) is 26.2 Å². The summed E-state index contributed by atoms with van der Waals surface area (Å²) in [5.74, 6) is 0.917. The van der Waals surface area contributed by atoms with Crippen LogP contribution in [0, 0.1) is 5.92 Å². The van der Waals surface area contributed by atoms with E-state index in [0.717, 1.165) is 32.0 Å². The molecule has 2 heterocycles. The number of benzene rings is 1. The van der Waals surface area contributed by atoms with Crippen molar-refractivity contribution >= 4 is 5.57 Å². The summed E-state index contributed by atoms with van der Waals surface area (Å²) in [6, 6.07) is 9.24. The molecule has 0 unspecified atom stereocenters. The topological polar surface area (TPSA) is 15.3 Å². The van der Waals surface area contributed by atoms with E-state index in [1.165, 1.54) is 42.6 Å². The van der Waals surface area contributed by atoms with Crippen molar-refractivity contribution in [1.29, 1.82) is 0 Å². The Morgan fingerprint density at radius 2 is 1.90 bits per heavy atom. The van der Waals surface area contributed by atoms with Crippen LogP contribution in [0.15, 0.2) is 30.3 Å². The van der Waals surface area contributed by atoms with Crippen LogP contribution in [0.1, 0.15) is 37.3 Å². The molecule has 2 heteroatoms. The average Bonchev–Trinajstić information content (AvgIpc) is 2.51. The number of hydrogen-bond donors (Lipinski definition) is 1. The second kappa shape index (κ2) is 6.55. The fraction of sp³-hybridized carbons (Fsp3) is 0.556. The lowest BCUT2D eigenvalue weighted by molar-refractivity contribution is 0.185. The molecule has 0 atom stereocenters. The molecule has 0 spiro atoms. The minimum Gasteiger partial charge on any atom is -0.313 e. The van der Waals surface area contributed by atoms with E-state index >= 15 is 0 Å². The predicted octanol–water partition coefficient (Wildman–Crippen LogP) is 3.30. The summed E-state index contributed by atoms with van der Waals surface area (Å²) in [6.07, 6.45) is 6.20. The van der Waals surface area contributed by atoms with Crippen LogP contribution in [0.5, 0.6) is 0 Å². The van der Waals surface area contributed by atoms with Gasteiger partial charge in [-0.15, -0.1) is 0 Å². The van der Waals surface area contributed by atoms with Crippen LogP contribution >= 0.6 is 0 Å². The predicted molar refractivity (Wildman–Crippen MR) is 85.6 cm³/mol. The zero-order chi connectivity index (χ0) is 13.8. The number of hydrogen-bond acceptors (Lipinski definition) is 2. The van der Waals surface area contributed by atoms with Gasteiger partial charge in [-0.05, 0) is 61.5 Å². The van der Waals surface area contributed by atoms with E-state index < -0.39 is 0 Å². The van der Waals surface area contributed by atoms with E-state index in [4.69, 9.17) is 0 Å². The number of likely N-dealkylation sites (tertiary alicyclic amines) is 1. The zero-order valence-electron chi connectivity index (χ0n) is 12.6. The first-order chi connectivity index (χ1) is 9.81. The standard InChI is InChI=1S/C18H26N2/c1-15-8-12-20(13-9-15)14-16-2-4-17(5-3-16)18-6-10-19-11-7-18/h2-6,15,19H,7-14H2,1H3. The van der Waals surface area contributed by atoms with Crippen LogP contribution in [0.4, 0.5) is 0 Å². The van der Waals surface area contributed by atoms with Crippen LogP contribution in [0.25, 0.3) is 5.57 Å². The van der Waals surface area contributed by atoms with E-state index in [1.807, 2.05) is 0 Å². The molecule has 1 saturated heterocycles. The lowest BCUT2D eigenvalue weighted by Crippen LogP contribution is -2.32. The average molecular weight is 270 g/mol. The molecule has 0 saturated carbocycles. The monoisotopic (exact) mass is 270 g/mol. The second-order valence-corrected chi connectivity index (χ2v) is 6.34. The highest BCUT2D eigenvalue weighted by molar-refractivity contribution is 5.66. The molecule has 20 heavy (non-hydrogen) atoms. The van der Waals surface area contributed by atoms with E-state index in [-0.39, 0.29) is 0 Å². The van der Waals surface area contributed by atoms with Gasteiger partial charge in [0.05, 0.1) is 0 Å². The summed E-state index contributed by atoms with van der Waals surface area (Å²) in [5.41, 5.74) is 4.36. The van der Waals surface area contributed by atoms with Crippen molar-refractivity contribution < 1.29 is 0 Å². The van der Waals surface area contributed by atoms with Crippen LogP contribution in [-0.2, 0) is 6.54 Å². The Kier molecular flexibility index (Phi) is 4.54. The first-order valence-electron chi connectivity index (χ1n) is 8.03. The normalized spacial score (nSPS) is 21.8. The zero-order valence-corrected chi connectivity index (χ0v) is 12.6. The molecular formula is C18H26N2. The first-order valence-corrected chi connectivity index (χ1v) is 8.03. The van der Waals surface area contributed by atoms with Crippen molar-refractivity contribution in [1.82, 2.24) is 10.2 Å². The lowest BCUT2D eigenvalue weighted by Gasteiger charge is -2.30. The summed E-state index contributed by atoms with van der Waals surface area (Å²) < 4.78 is 0. The highest BCUT2D eigenvalue weighted by Crippen LogP contribution is 2.22. The van der Waals surface area contributed by atoms with Crippen LogP contribution in [0.2, 0.25) is 0 Å². The molecule has 0 amide bonds. The Morgan fingerprint density at radius 1 is 1.15 bits per heavy atom. The Hall–Kier alpha value is -1.12. The molecule has 2 nitrogen and oxygen atoms in total. The summed E-state index contributed by atoms with van der Waals surface area (Å²) in [6.45, 7) is 8.15. The molecule has 3 rings (SSSR count). The smallest absolute Gasteiger partial charge is 0.0233 e. The van der Waals surface area contributed by atoms with Crippen LogP contribution in [0.3, 0.4) is 0 Å². The number of rotatable bonds is 3. The molecule has 0 aliphatic carbocycles. The van der Waals surface area contributed by atoms with Crippen molar-refractivity contribution in [3.63, 3.8) is 0 Å². The van der Waals surface area contributed by atoms with Crippen molar-refractivity contribution in [2.24, 2.45) is 5.92 Å². The summed E-state index contributed by atoms with van der Waals surface area (Å²) in [7, 11) is 0. The third kappa shape index (κ3) is 3.50. The highest BCUT2D eigenvalue weighted by Gasteiger charge is 2.15. The molecule has 1 fully saturated rings. The molecule has 1 aromatic carbocycles. The maximum atomic E-state index is 3.37. The van der Waals surface area contributed by atoms with Gasteiger partial charge < -0.3 is 5.32 Å². The summed E-state index contributed by atoms with van der Waals surface area (Å²) >= 11 is 0. The van der Waals surface area contributed by atoms with Gasteiger partial charge in [0.2, 0.25) is 0 Å². The van der Waals surface area contributed by atoms with Crippen molar-refractivity contribution in [2.45, 2.75) is 32.7 Å². The minimum absolute atomic E-state index is 0.917. The Morgan fingerprint density at radius 3 is 2.55 bits per heavy atom. The van der Waals surface area contributed by atoms with Gasteiger partial charge in [-0.25, -0.2) is 0 Å².